The standard InChI is InChI=1S/C29H25NO4/c31-28(32)19-33-27-13-7-12-23-16-20(14-15-25(23)27)17-24-18-26(30-34-24)29(21-8-3-1-4-9-21)22-10-5-2-6-11-22/h1-13,16,18,29H,14-15,17,19H2,(H,31,32). The monoisotopic (exact) mass is 451 g/mol. The van der Waals surface area contributed by atoms with E-state index in [9.17, 15) is 4.79 Å². The van der Waals surface area contributed by atoms with Gasteiger partial charge in [-0.1, -0.05) is 89.6 Å². The van der Waals surface area contributed by atoms with Crippen LogP contribution < -0.4 is 4.74 Å². The first kappa shape index (κ1) is 21.7. The van der Waals surface area contributed by atoms with Gasteiger partial charge in [-0.3, -0.25) is 0 Å². The number of carboxylic acid groups (broad SMARTS) is 1. The number of aromatic nitrogens is 1. The average molecular weight is 452 g/mol. The number of hydrogen-bond acceptors (Lipinski definition) is 4. The van der Waals surface area contributed by atoms with E-state index in [1.807, 2.05) is 54.6 Å². The van der Waals surface area contributed by atoms with Gasteiger partial charge in [-0.05, 0) is 35.6 Å². The van der Waals surface area contributed by atoms with Gasteiger partial charge in [0, 0.05) is 18.1 Å². The SMILES string of the molecule is O=C(O)COc1cccc2c1CCC(Cc1cc(C(c3ccccc3)c3ccccc3)no1)=C2. The number of allylic oxidation sites excluding steroid dienone is 1. The third kappa shape index (κ3) is 4.79. The summed E-state index contributed by atoms with van der Waals surface area (Å²) in [6, 6.07) is 28.5. The molecule has 4 aromatic rings. The Bertz CT molecular complexity index is 1270. The molecule has 0 fully saturated rings. The van der Waals surface area contributed by atoms with Crippen molar-refractivity contribution in [3.05, 3.63) is 124 Å². The van der Waals surface area contributed by atoms with E-state index in [1.165, 1.54) is 16.7 Å². The van der Waals surface area contributed by atoms with Gasteiger partial charge in [0.25, 0.3) is 0 Å². The number of fused-ring (bicyclic) bond motifs is 1. The van der Waals surface area contributed by atoms with Crippen molar-refractivity contribution in [1.82, 2.24) is 5.16 Å². The first-order valence-electron chi connectivity index (χ1n) is 11.4. The summed E-state index contributed by atoms with van der Waals surface area (Å²) in [7, 11) is 0. The molecule has 3 aromatic carbocycles. The third-order valence-corrected chi connectivity index (χ3v) is 6.12. The summed E-state index contributed by atoms with van der Waals surface area (Å²) in [5, 5.41) is 13.4. The van der Waals surface area contributed by atoms with Crippen LogP contribution in [-0.2, 0) is 17.6 Å². The maximum atomic E-state index is 10.9. The zero-order valence-electron chi connectivity index (χ0n) is 18.7. The number of aliphatic carboxylic acids is 1. The van der Waals surface area contributed by atoms with Crippen molar-refractivity contribution in [2.45, 2.75) is 25.2 Å². The van der Waals surface area contributed by atoms with Gasteiger partial charge in [0.1, 0.15) is 11.5 Å². The number of hydrogen-bond donors (Lipinski definition) is 1. The van der Waals surface area contributed by atoms with E-state index in [2.05, 4.69) is 41.6 Å². The molecule has 0 radical (unpaired) electrons. The highest BCUT2D eigenvalue weighted by Gasteiger charge is 2.22. The zero-order valence-corrected chi connectivity index (χ0v) is 18.7. The smallest absolute Gasteiger partial charge is 0.341 e. The van der Waals surface area contributed by atoms with Crippen LogP contribution in [0.1, 0.15) is 46.0 Å². The fourth-order valence-corrected chi connectivity index (χ4v) is 4.57. The molecule has 34 heavy (non-hydrogen) atoms. The molecular formula is C29H25NO4. The third-order valence-electron chi connectivity index (χ3n) is 6.12. The number of nitrogens with zero attached hydrogens (tertiary/aromatic N) is 1. The summed E-state index contributed by atoms with van der Waals surface area (Å²) in [6.07, 6.45) is 4.50. The molecule has 0 saturated carbocycles. The Morgan fingerprint density at radius 3 is 2.32 bits per heavy atom. The van der Waals surface area contributed by atoms with Crippen molar-refractivity contribution in [3.63, 3.8) is 0 Å². The van der Waals surface area contributed by atoms with Crippen molar-refractivity contribution >= 4 is 12.0 Å². The van der Waals surface area contributed by atoms with Crippen LogP contribution in [0.4, 0.5) is 0 Å². The zero-order chi connectivity index (χ0) is 23.3. The molecule has 0 atom stereocenters. The van der Waals surface area contributed by atoms with Crippen LogP contribution in [0.25, 0.3) is 6.08 Å². The van der Waals surface area contributed by atoms with Gasteiger partial charge in [0.2, 0.25) is 0 Å². The highest BCUT2D eigenvalue weighted by molar-refractivity contribution is 5.69. The molecule has 5 rings (SSSR count). The highest BCUT2D eigenvalue weighted by atomic mass is 16.5. The number of rotatable bonds is 8. The minimum Gasteiger partial charge on any atom is -0.482 e. The molecule has 0 spiro atoms. The first-order chi connectivity index (χ1) is 16.7. The molecule has 0 bridgehead atoms. The van der Waals surface area contributed by atoms with E-state index in [-0.39, 0.29) is 12.5 Å². The lowest BCUT2D eigenvalue weighted by molar-refractivity contribution is -0.139. The van der Waals surface area contributed by atoms with Gasteiger partial charge in [0.15, 0.2) is 6.61 Å². The lowest BCUT2D eigenvalue weighted by Crippen LogP contribution is -2.12. The molecule has 0 amide bonds. The van der Waals surface area contributed by atoms with Crippen LogP contribution >= 0.6 is 0 Å². The second-order valence-electron chi connectivity index (χ2n) is 8.46. The Morgan fingerprint density at radius 1 is 0.941 bits per heavy atom. The maximum Gasteiger partial charge on any atom is 0.341 e. The van der Waals surface area contributed by atoms with Crippen molar-refractivity contribution < 1.29 is 19.2 Å². The quantitative estimate of drug-likeness (QED) is 0.362. The summed E-state index contributed by atoms with van der Waals surface area (Å²) in [5.74, 6) is 0.510. The van der Waals surface area contributed by atoms with E-state index < -0.39 is 5.97 Å². The Labute approximate surface area is 198 Å². The van der Waals surface area contributed by atoms with Gasteiger partial charge >= 0.3 is 5.97 Å². The molecule has 0 aliphatic heterocycles. The minimum atomic E-state index is -0.977. The second kappa shape index (κ2) is 9.79. The molecule has 1 N–H and O–H groups in total. The number of carbonyl (C=O) groups is 1. The number of ether oxygens (including phenoxy) is 1. The summed E-state index contributed by atoms with van der Waals surface area (Å²) >= 11 is 0. The van der Waals surface area contributed by atoms with E-state index >= 15 is 0 Å². The fourth-order valence-electron chi connectivity index (χ4n) is 4.57. The molecule has 1 aliphatic rings. The van der Waals surface area contributed by atoms with Gasteiger partial charge in [-0.2, -0.15) is 0 Å². The minimum absolute atomic E-state index is 0.00917. The summed E-state index contributed by atoms with van der Waals surface area (Å²) < 4.78 is 11.3. The molecule has 1 aliphatic carbocycles. The molecule has 170 valence electrons. The predicted molar refractivity (Wildman–Crippen MR) is 130 cm³/mol. The maximum absolute atomic E-state index is 10.9. The van der Waals surface area contributed by atoms with Crippen LogP contribution in [0.15, 0.2) is 95.0 Å². The highest BCUT2D eigenvalue weighted by Crippen LogP contribution is 2.34. The summed E-state index contributed by atoms with van der Waals surface area (Å²) in [5.41, 5.74) is 6.62. The predicted octanol–water partition coefficient (Wildman–Crippen LogP) is 5.89. The van der Waals surface area contributed by atoms with E-state index in [4.69, 9.17) is 14.4 Å². The molecule has 5 heteroatoms. The van der Waals surface area contributed by atoms with E-state index in [0.29, 0.717) is 12.2 Å². The first-order valence-corrected chi connectivity index (χ1v) is 11.4. The molecule has 0 unspecified atom stereocenters. The van der Waals surface area contributed by atoms with Gasteiger partial charge in [0.05, 0.1) is 11.6 Å². The van der Waals surface area contributed by atoms with Crippen molar-refractivity contribution in [3.8, 4) is 5.75 Å². The van der Waals surface area contributed by atoms with E-state index in [0.717, 1.165) is 35.4 Å². The topological polar surface area (TPSA) is 72.6 Å². The Hall–Kier alpha value is -4.12. The van der Waals surface area contributed by atoms with Gasteiger partial charge in [-0.15, -0.1) is 0 Å². The molecule has 1 heterocycles. The normalized spacial score (nSPS) is 12.8. The molecular weight excluding hydrogens is 426 g/mol. The van der Waals surface area contributed by atoms with Crippen LogP contribution in [0.3, 0.4) is 0 Å². The average Bonchev–Trinajstić information content (AvgIpc) is 3.31. The Kier molecular flexibility index (Phi) is 6.25. The lowest BCUT2D eigenvalue weighted by atomic mass is 9.87. The second-order valence-corrected chi connectivity index (χ2v) is 8.46. The van der Waals surface area contributed by atoms with Crippen molar-refractivity contribution in [2.75, 3.05) is 6.61 Å². The van der Waals surface area contributed by atoms with Crippen LogP contribution in [0, 0.1) is 0 Å². The largest absolute Gasteiger partial charge is 0.482 e. The summed E-state index contributed by atoms with van der Waals surface area (Å²) in [4.78, 5) is 10.9. The van der Waals surface area contributed by atoms with Crippen LogP contribution in [0.5, 0.6) is 5.75 Å². The lowest BCUT2D eigenvalue weighted by Gasteiger charge is -2.19. The van der Waals surface area contributed by atoms with Gasteiger partial charge < -0.3 is 14.4 Å². The van der Waals surface area contributed by atoms with Crippen molar-refractivity contribution in [2.24, 2.45) is 0 Å². The van der Waals surface area contributed by atoms with Crippen LogP contribution in [0.2, 0.25) is 0 Å². The van der Waals surface area contributed by atoms with Gasteiger partial charge in [-0.25, -0.2) is 4.79 Å². The Morgan fingerprint density at radius 2 is 1.65 bits per heavy atom. The summed E-state index contributed by atoms with van der Waals surface area (Å²) in [6.45, 7) is -0.335. The molecule has 0 saturated heterocycles. The molecule has 5 nitrogen and oxygen atoms in total. The van der Waals surface area contributed by atoms with E-state index in [1.54, 1.807) is 0 Å². The number of benzene rings is 3. The van der Waals surface area contributed by atoms with Crippen LogP contribution in [-0.4, -0.2) is 22.8 Å². The fraction of sp³-hybridized carbons (Fsp3) is 0.172. The van der Waals surface area contributed by atoms with Crippen molar-refractivity contribution in [1.29, 1.82) is 0 Å². The molecule has 1 aromatic heterocycles. The Balaban J connectivity index is 1.38. The number of carboxylic acids is 1.